The summed E-state index contributed by atoms with van der Waals surface area (Å²) < 4.78 is 40.1. The molecule has 0 aliphatic heterocycles. The van der Waals surface area contributed by atoms with Crippen LogP contribution in [-0.4, -0.2) is 51.0 Å². The average molecular weight is 502 g/mol. The lowest BCUT2D eigenvalue weighted by Gasteiger charge is -2.16. The number of carbonyl (C=O) groups excluding carboxylic acids is 1. The number of benzene rings is 2. The van der Waals surface area contributed by atoms with Gasteiger partial charge in [-0.05, 0) is 30.7 Å². The van der Waals surface area contributed by atoms with E-state index in [1.165, 1.54) is 39.9 Å². The molecule has 0 bridgehead atoms. The first-order valence-corrected chi connectivity index (χ1v) is 12.9. The smallest absolute Gasteiger partial charge is 0.279 e. The van der Waals surface area contributed by atoms with Crippen molar-refractivity contribution >= 4 is 37.5 Å². The molecule has 180 valence electrons. The highest BCUT2D eigenvalue weighted by molar-refractivity contribution is 7.89. The van der Waals surface area contributed by atoms with Crippen LogP contribution in [0.3, 0.4) is 0 Å². The number of thiazole rings is 1. The third-order valence-corrected chi connectivity index (χ3v) is 8.18. The lowest BCUT2D eigenvalue weighted by Crippen LogP contribution is -2.27. The molecule has 8 nitrogen and oxygen atoms in total. The lowest BCUT2D eigenvalue weighted by atomic mass is 10.2. The Bertz CT molecular complexity index is 1400. The van der Waals surface area contributed by atoms with Crippen LogP contribution in [0.25, 0.3) is 10.2 Å². The van der Waals surface area contributed by atoms with Gasteiger partial charge in [-0.1, -0.05) is 30.6 Å². The van der Waals surface area contributed by atoms with Crippen molar-refractivity contribution in [2.45, 2.75) is 31.2 Å². The van der Waals surface area contributed by atoms with Crippen molar-refractivity contribution in [1.82, 2.24) is 8.87 Å². The summed E-state index contributed by atoms with van der Waals surface area (Å²) >= 11 is 1.30. The summed E-state index contributed by atoms with van der Waals surface area (Å²) in [5.41, 5.74) is 1.04. The second kappa shape index (κ2) is 10.9. The molecule has 0 atom stereocenters. The predicted octanol–water partition coefficient (Wildman–Crippen LogP) is 3.51. The van der Waals surface area contributed by atoms with Crippen LogP contribution in [-0.2, 0) is 16.6 Å². The van der Waals surface area contributed by atoms with Gasteiger partial charge in [-0.3, -0.25) is 4.79 Å². The Morgan fingerprint density at radius 2 is 1.82 bits per heavy atom. The van der Waals surface area contributed by atoms with Gasteiger partial charge in [0.25, 0.3) is 5.91 Å². The first-order valence-electron chi connectivity index (χ1n) is 10.6. The lowest BCUT2D eigenvalue weighted by molar-refractivity contribution is 0.0998. The summed E-state index contributed by atoms with van der Waals surface area (Å²) in [4.78, 5) is 17.7. The second-order valence-electron chi connectivity index (χ2n) is 7.47. The van der Waals surface area contributed by atoms with Crippen LogP contribution in [0.15, 0.2) is 46.3 Å². The number of unbranched alkanes of at least 4 members (excludes halogenated alkanes) is 1. The van der Waals surface area contributed by atoms with Crippen LogP contribution in [0, 0.1) is 12.3 Å². The fraction of sp³-hybridized carbons (Fsp3) is 0.333. The molecular weight excluding hydrogens is 474 g/mol. The van der Waals surface area contributed by atoms with Gasteiger partial charge in [0.1, 0.15) is 0 Å². The zero-order chi connectivity index (χ0) is 24.9. The van der Waals surface area contributed by atoms with Gasteiger partial charge in [0.2, 0.25) is 10.0 Å². The van der Waals surface area contributed by atoms with Crippen molar-refractivity contribution in [2.75, 3.05) is 27.8 Å². The number of methoxy groups -OCH3 is 2. The van der Waals surface area contributed by atoms with Crippen molar-refractivity contribution < 1.29 is 22.7 Å². The number of terminal acetylenes is 1. The SMILES string of the molecule is C#CCn1c(=NC(=O)c2ccc(S(=O)(=O)N(C)CCCC)cc2)sc2cc(OC)c(OC)cc21. The molecule has 0 unspecified atom stereocenters. The molecular formula is C24H27N3O5S2. The quantitative estimate of drug-likeness (QED) is 0.419. The average Bonchev–Trinajstić information content (AvgIpc) is 3.17. The third kappa shape index (κ3) is 5.17. The van der Waals surface area contributed by atoms with Gasteiger partial charge in [-0.2, -0.15) is 4.99 Å². The maximum Gasteiger partial charge on any atom is 0.279 e. The molecule has 1 aromatic heterocycles. The van der Waals surface area contributed by atoms with Gasteiger partial charge >= 0.3 is 0 Å². The summed E-state index contributed by atoms with van der Waals surface area (Å²) in [6, 6.07) is 9.39. The van der Waals surface area contributed by atoms with Crippen molar-refractivity contribution in [3.8, 4) is 23.8 Å². The van der Waals surface area contributed by atoms with E-state index >= 15 is 0 Å². The Balaban J connectivity index is 1.98. The Morgan fingerprint density at radius 1 is 1.18 bits per heavy atom. The number of aromatic nitrogens is 1. The van der Waals surface area contributed by atoms with E-state index in [9.17, 15) is 13.2 Å². The topological polar surface area (TPSA) is 90.2 Å². The fourth-order valence-electron chi connectivity index (χ4n) is 3.33. The number of nitrogens with zero attached hydrogens (tertiary/aromatic N) is 3. The number of rotatable bonds is 9. The minimum Gasteiger partial charge on any atom is -0.493 e. The molecule has 34 heavy (non-hydrogen) atoms. The van der Waals surface area contributed by atoms with Crippen LogP contribution in [0.1, 0.15) is 30.1 Å². The number of sulfonamides is 1. The van der Waals surface area contributed by atoms with Crippen molar-refractivity contribution in [1.29, 1.82) is 0 Å². The number of ether oxygens (including phenoxy) is 2. The van der Waals surface area contributed by atoms with E-state index in [2.05, 4.69) is 10.9 Å². The molecule has 10 heteroatoms. The van der Waals surface area contributed by atoms with Crippen LogP contribution in [0.4, 0.5) is 0 Å². The Hall–Kier alpha value is -3.13. The fourth-order valence-corrected chi connectivity index (χ4v) is 5.58. The van der Waals surface area contributed by atoms with E-state index in [-0.39, 0.29) is 17.0 Å². The summed E-state index contributed by atoms with van der Waals surface area (Å²) in [6.45, 7) is 2.65. The molecule has 0 spiro atoms. The summed E-state index contributed by atoms with van der Waals surface area (Å²) in [6.07, 6.45) is 7.22. The van der Waals surface area contributed by atoms with Gasteiger partial charge < -0.3 is 14.0 Å². The number of hydrogen-bond acceptors (Lipinski definition) is 6. The first kappa shape index (κ1) is 25.5. The monoisotopic (exact) mass is 501 g/mol. The molecule has 0 N–H and O–H groups in total. The molecule has 1 amide bonds. The molecule has 3 rings (SSSR count). The minimum absolute atomic E-state index is 0.131. The molecule has 1 heterocycles. The summed E-state index contributed by atoms with van der Waals surface area (Å²) in [7, 11) is 1.03. The normalized spacial score (nSPS) is 12.2. The number of carbonyl (C=O) groups is 1. The minimum atomic E-state index is -3.61. The summed E-state index contributed by atoms with van der Waals surface area (Å²) in [5, 5.41) is 0. The highest BCUT2D eigenvalue weighted by Gasteiger charge is 2.20. The van der Waals surface area contributed by atoms with Crippen LogP contribution in [0.2, 0.25) is 0 Å². The van der Waals surface area contributed by atoms with Gasteiger partial charge in [0.05, 0.1) is 35.9 Å². The maximum atomic E-state index is 12.9. The van der Waals surface area contributed by atoms with Crippen molar-refractivity contribution in [3.63, 3.8) is 0 Å². The molecule has 0 fully saturated rings. The molecule has 2 aromatic carbocycles. The van der Waals surface area contributed by atoms with E-state index < -0.39 is 15.9 Å². The Labute approximate surface area is 203 Å². The molecule has 0 aliphatic rings. The van der Waals surface area contributed by atoms with E-state index in [4.69, 9.17) is 15.9 Å². The third-order valence-electron chi connectivity index (χ3n) is 5.27. The zero-order valence-corrected chi connectivity index (χ0v) is 21.2. The standard InChI is InChI=1S/C24H27N3O5S2/c1-6-8-14-26(3)34(29,30)18-11-9-17(10-12-18)23(28)25-24-27(13-7-2)19-15-20(31-4)21(32-5)16-22(19)33-24/h2,9-12,15-16H,6,8,13-14H2,1,3-5H3. The van der Waals surface area contributed by atoms with Crippen LogP contribution < -0.4 is 14.3 Å². The first-order chi connectivity index (χ1) is 16.3. The largest absolute Gasteiger partial charge is 0.493 e. The second-order valence-corrected chi connectivity index (χ2v) is 10.5. The summed E-state index contributed by atoms with van der Waals surface area (Å²) in [5.74, 6) is 3.18. The Kier molecular flexibility index (Phi) is 8.15. The Morgan fingerprint density at radius 3 is 2.41 bits per heavy atom. The van der Waals surface area contributed by atoms with E-state index in [1.54, 1.807) is 31.9 Å². The van der Waals surface area contributed by atoms with Gasteiger partial charge in [0.15, 0.2) is 16.3 Å². The molecule has 0 aliphatic carbocycles. The van der Waals surface area contributed by atoms with Crippen LogP contribution >= 0.6 is 11.3 Å². The van der Waals surface area contributed by atoms with Crippen molar-refractivity contribution in [3.05, 3.63) is 46.8 Å². The van der Waals surface area contributed by atoms with E-state index in [0.717, 1.165) is 23.1 Å². The highest BCUT2D eigenvalue weighted by atomic mass is 32.2. The molecule has 0 radical (unpaired) electrons. The predicted molar refractivity (Wildman–Crippen MR) is 133 cm³/mol. The molecule has 0 saturated heterocycles. The molecule has 0 saturated carbocycles. The molecule has 3 aromatic rings. The highest BCUT2D eigenvalue weighted by Crippen LogP contribution is 2.33. The van der Waals surface area contributed by atoms with Gasteiger partial charge in [-0.15, -0.1) is 6.42 Å². The number of amides is 1. The van der Waals surface area contributed by atoms with Crippen LogP contribution in [0.5, 0.6) is 11.5 Å². The van der Waals surface area contributed by atoms with Gasteiger partial charge in [0, 0.05) is 31.3 Å². The van der Waals surface area contributed by atoms with Crippen molar-refractivity contribution in [2.24, 2.45) is 4.99 Å². The maximum absolute atomic E-state index is 12.9. The van der Waals surface area contributed by atoms with Gasteiger partial charge in [-0.25, -0.2) is 12.7 Å². The van der Waals surface area contributed by atoms with E-state index in [0.29, 0.717) is 22.8 Å². The number of fused-ring (bicyclic) bond motifs is 1. The van der Waals surface area contributed by atoms with E-state index in [1.807, 2.05) is 13.0 Å². The zero-order valence-electron chi connectivity index (χ0n) is 19.6. The number of hydrogen-bond donors (Lipinski definition) is 0.